The van der Waals surface area contributed by atoms with E-state index in [1.54, 1.807) is 13.8 Å². The molecule has 0 fully saturated rings. The molecule has 3 N–H and O–H groups in total. The largest absolute Gasteiger partial charge is 0.457 e. The number of hydrogen-bond donors (Lipinski definition) is 3. The fraction of sp³-hybridized carbons (Fsp3) is 0.500. The summed E-state index contributed by atoms with van der Waals surface area (Å²) in [7, 11) is 4.45. The summed E-state index contributed by atoms with van der Waals surface area (Å²) in [5.41, 5.74) is 6.55. The Labute approximate surface area is 130 Å². The minimum absolute atomic E-state index is 0.0130. The molecule has 0 saturated heterocycles. The lowest BCUT2D eigenvalue weighted by atomic mass is 10.5. The molecule has 0 bridgehead atoms. The number of nitrogens with one attached hydrogen (secondary N) is 3. The van der Waals surface area contributed by atoms with Gasteiger partial charge in [0.25, 0.3) is 0 Å². The van der Waals surface area contributed by atoms with Gasteiger partial charge in [-0.25, -0.2) is 14.3 Å². The molecule has 11 heteroatoms. The number of aromatic nitrogens is 4. The molecule has 0 saturated carbocycles. The van der Waals surface area contributed by atoms with Crippen LogP contribution in [0, 0.1) is 0 Å². The molecule has 0 aromatic carbocycles. The van der Waals surface area contributed by atoms with Crippen LogP contribution in [0.1, 0.15) is 24.5 Å². The average Bonchev–Trinajstić information content (AvgIpc) is 2.87. The van der Waals surface area contributed by atoms with E-state index >= 15 is 0 Å². The van der Waals surface area contributed by atoms with E-state index in [4.69, 9.17) is 4.74 Å². The molecule has 0 aliphatic carbocycles. The highest BCUT2D eigenvalue weighted by atomic mass is 16.5. The van der Waals surface area contributed by atoms with Crippen molar-refractivity contribution < 1.29 is 9.53 Å². The minimum atomic E-state index is -0.712. The summed E-state index contributed by atoms with van der Waals surface area (Å²) in [4.78, 5) is 41.0. The molecular weight excluding hydrogens is 306 g/mol. The Balaban J connectivity index is 2.90. The topological polar surface area (TPSA) is 124 Å². The fourth-order valence-electron chi connectivity index (χ4n) is 2.16. The number of ether oxygens (including phenoxy) is 1. The van der Waals surface area contributed by atoms with Crippen LogP contribution in [0.25, 0.3) is 11.2 Å². The number of rotatable bonds is 5. The third-order valence-corrected chi connectivity index (χ3v) is 3.06. The van der Waals surface area contributed by atoms with Gasteiger partial charge in [0.05, 0.1) is 6.10 Å². The van der Waals surface area contributed by atoms with Crippen LogP contribution in [0.4, 0.5) is 0 Å². The van der Waals surface area contributed by atoms with Gasteiger partial charge in [-0.3, -0.25) is 4.79 Å². The molecule has 11 nitrogen and oxygen atoms in total. The first-order chi connectivity index (χ1) is 10.9. The fourth-order valence-corrected chi connectivity index (χ4v) is 2.16. The summed E-state index contributed by atoms with van der Waals surface area (Å²) in [6.07, 6.45) is -0.354. The number of carbonyl (C=O) groups is 1. The summed E-state index contributed by atoms with van der Waals surface area (Å²) in [5, 5.41) is 0. The summed E-state index contributed by atoms with van der Waals surface area (Å²) in [6, 6.07) is 0. The van der Waals surface area contributed by atoms with Crippen LogP contribution in [0.15, 0.2) is 9.59 Å². The Kier molecular flexibility index (Phi) is 4.29. The van der Waals surface area contributed by atoms with E-state index < -0.39 is 17.2 Å². The Morgan fingerprint density at radius 3 is 2.09 bits per heavy atom. The highest BCUT2D eigenvalue weighted by molar-refractivity contribution is 5.90. The Bertz CT molecular complexity index is 861. The van der Waals surface area contributed by atoms with Crippen LogP contribution in [0.5, 0.6) is 0 Å². The Morgan fingerprint density at radius 2 is 1.61 bits per heavy atom. The van der Waals surface area contributed by atoms with Crippen LogP contribution in [0.3, 0.4) is 0 Å². The molecule has 2 aromatic rings. The van der Waals surface area contributed by atoms with Gasteiger partial charge in [0.2, 0.25) is 5.82 Å². The van der Waals surface area contributed by atoms with E-state index in [0.29, 0.717) is 0 Å². The summed E-state index contributed by atoms with van der Waals surface area (Å²) in [6.45, 7) is 3.39. The molecule has 0 amide bonds. The van der Waals surface area contributed by atoms with E-state index in [-0.39, 0.29) is 23.1 Å². The van der Waals surface area contributed by atoms with Crippen molar-refractivity contribution in [1.82, 2.24) is 19.0 Å². The zero-order valence-electron chi connectivity index (χ0n) is 13.5. The summed E-state index contributed by atoms with van der Waals surface area (Å²) in [5.74, 6) is -0.846. The first-order valence-electron chi connectivity index (χ1n) is 6.92. The highest BCUT2D eigenvalue weighted by Crippen LogP contribution is 2.11. The van der Waals surface area contributed by atoms with Crippen molar-refractivity contribution >= 4 is 17.1 Å². The molecule has 0 aliphatic heterocycles. The second-order valence-electron chi connectivity index (χ2n) is 4.83. The number of hydrogen-bond acceptors (Lipinski definition) is 8. The number of imidazole rings is 1. The maximum absolute atomic E-state index is 12.5. The molecule has 126 valence electrons. The molecular formula is C12H19N7O4. The monoisotopic (exact) mass is 325 g/mol. The number of esters is 1. The third-order valence-electron chi connectivity index (χ3n) is 3.06. The van der Waals surface area contributed by atoms with E-state index in [2.05, 4.69) is 21.3 Å². The van der Waals surface area contributed by atoms with Crippen LogP contribution in [-0.2, 0) is 4.74 Å². The molecule has 2 heterocycles. The van der Waals surface area contributed by atoms with Gasteiger partial charge in [-0.1, -0.05) is 0 Å². The smallest absolute Gasteiger partial charge is 0.376 e. The van der Waals surface area contributed by atoms with Crippen LogP contribution in [0.2, 0.25) is 0 Å². The van der Waals surface area contributed by atoms with Crippen molar-refractivity contribution in [1.29, 1.82) is 0 Å². The zero-order valence-corrected chi connectivity index (χ0v) is 13.5. The van der Waals surface area contributed by atoms with Gasteiger partial charge in [-0.2, -0.15) is 14.3 Å². The zero-order chi connectivity index (χ0) is 17.3. The van der Waals surface area contributed by atoms with Gasteiger partial charge in [0, 0.05) is 21.1 Å². The van der Waals surface area contributed by atoms with Gasteiger partial charge in [-0.05, 0) is 13.8 Å². The Morgan fingerprint density at radius 1 is 1.04 bits per heavy atom. The standard InChI is InChI=1S/C12H19N7O4/c1-6(2)23-11(21)9-16-8-7(17(9)13-3)10(20)19(15-5)12(22)18(8)14-4/h6,13-15H,1-5H3. The first-order valence-corrected chi connectivity index (χ1v) is 6.92. The molecule has 2 aromatic heterocycles. The third kappa shape index (κ3) is 2.49. The second kappa shape index (κ2) is 6.02. The second-order valence-corrected chi connectivity index (χ2v) is 4.83. The number of carbonyl (C=O) groups excluding carboxylic acids is 1. The molecule has 23 heavy (non-hydrogen) atoms. The van der Waals surface area contributed by atoms with Gasteiger partial charge in [0.1, 0.15) is 0 Å². The lowest BCUT2D eigenvalue weighted by molar-refractivity contribution is 0.0360. The minimum Gasteiger partial charge on any atom is -0.457 e. The molecule has 0 unspecified atom stereocenters. The van der Waals surface area contributed by atoms with Crippen molar-refractivity contribution in [2.24, 2.45) is 0 Å². The van der Waals surface area contributed by atoms with Crippen molar-refractivity contribution in [3.05, 3.63) is 26.7 Å². The molecule has 0 radical (unpaired) electrons. The van der Waals surface area contributed by atoms with Crippen molar-refractivity contribution in [3.8, 4) is 0 Å². The average molecular weight is 325 g/mol. The van der Waals surface area contributed by atoms with E-state index in [1.165, 1.54) is 25.8 Å². The van der Waals surface area contributed by atoms with Gasteiger partial charge in [0.15, 0.2) is 11.2 Å². The molecule has 0 aliphatic rings. The summed E-state index contributed by atoms with van der Waals surface area (Å²) >= 11 is 0. The summed E-state index contributed by atoms with van der Waals surface area (Å²) < 4.78 is 8.14. The molecule has 2 rings (SSSR count). The van der Waals surface area contributed by atoms with Crippen LogP contribution >= 0.6 is 0 Å². The van der Waals surface area contributed by atoms with Crippen LogP contribution < -0.4 is 27.5 Å². The van der Waals surface area contributed by atoms with Gasteiger partial charge in [-0.15, -0.1) is 0 Å². The number of nitrogens with zero attached hydrogens (tertiary/aromatic N) is 4. The van der Waals surface area contributed by atoms with E-state index in [1.807, 2.05) is 0 Å². The maximum atomic E-state index is 12.5. The lowest BCUT2D eigenvalue weighted by Gasteiger charge is -2.11. The lowest BCUT2D eigenvalue weighted by Crippen LogP contribution is -2.46. The predicted octanol–water partition coefficient (Wildman–Crippen LogP) is -1.56. The SMILES string of the molecule is CNn1c(=O)c2c(nc(C(=O)OC(C)C)n2NC)n(NC)c1=O. The Hall–Kier alpha value is -2.98. The maximum Gasteiger partial charge on any atom is 0.376 e. The van der Waals surface area contributed by atoms with Gasteiger partial charge < -0.3 is 21.0 Å². The normalized spacial score (nSPS) is 10.9. The quantitative estimate of drug-likeness (QED) is 0.564. The van der Waals surface area contributed by atoms with Crippen molar-refractivity contribution in [3.63, 3.8) is 0 Å². The van der Waals surface area contributed by atoms with Crippen LogP contribution in [-0.4, -0.2) is 52.2 Å². The van der Waals surface area contributed by atoms with Crippen molar-refractivity contribution in [2.75, 3.05) is 37.4 Å². The molecule has 0 spiro atoms. The first kappa shape index (κ1) is 16.4. The van der Waals surface area contributed by atoms with E-state index in [0.717, 1.165) is 9.35 Å². The van der Waals surface area contributed by atoms with Crippen molar-refractivity contribution in [2.45, 2.75) is 20.0 Å². The van der Waals surface area contributed by atoms with E-state index in [9.17, 15) is 14.4 Å². The van der Waals surface area contributed by atoms with Gasteiger partial charge >= 0.3 is 17.2 Å². The molecule has 0 atom stereocenters. The predicted molar refractivity (Wildman–Crippen MR) is 84.7 cm³/mol. The number of fused-ring (bicyclic) bond motifs is 1. The highest BCUT2D eigenvalue weighted by Gasteiger charge is 2.25.